The van der Waals surface area contributed by atoms with E-state index in [1.807, 2.05) is 48.5 Å². The second-order valence-electron chi connectivity index (χ2n) is 4.52. The third-order valence-corrected chi connectivity index (χ3v) is 5.16. The maximum Gasteiger partial charge on any atom is 0.334 e. The lowest BCUT2D eigenvalue weighted by atomic mass is 10.0. The SMILES string of the molecule is COc1ccc(-c2ccccc2)c(CP(=O)(OC)OC)c1. The van der Waals surface area contributed by atoms with Crippen LogP contribution in [0.1, 0.15) is 5.56 Å². The quantitative estimate of drug-likeness (QED) is 0.744. The fraction of sp³-hybridized carbons (Fsp3) is 0.250. The monoisotopic (exact) mass is 306 g/mol. The van der Waals surface area contributed by atoms with E-state index < -0.39 is 7.60 Å². The van der Waals surface area contributed by atoms with Gasteiger partial charge in [0.1, 0.15) is 5.75 Å². The van der Waals surface area contributed by atoms with E-state index in [-0.39, 0.29) is 6.16 Å². The molecule has 21 heavy (non-hydrogen) atoms. The highest BCUT2D eigenvalue weighted by Gasteiger charge is 2.24. The minimum Gasteiger partial charge on any atom is -0.497 e. The predicted molar refractivity (Wildman–Crippen MR) is 83.8 cm³/mol. The smallest absolute Gasteiger partial charge is 0.334 e. The van der Waals surface area contributed by atoms with Crippen molar-refractivity contribution in [3.63, 3.8) is 0 Å². The van der Waals surface area contributed by atoms with E-state index in [1.165, 1.54) is 14.2 Å². The first-order valence-corrected chi connectivity index (χ1v) is 8.27. The van der Waals surface area contributed by atoms with Gasteiger partial charge in [0, 0.05) is 14.2 Å². The molecular formula is C16H19O4P. The summed E-state index contributed by atoms with van der Waals surface area (Å²) < 4.78 is 27.8. The van der Waals surface area contributed by atoms with Gasteiger partial charge in [-0.15, -0.1) is 0 Å². The number of hydrogen-bond acceptors (Lipinski definition) is 4. The van der Waals surface area contributed by atoms with Gasteiger partial charge in [-0.25, -0.2) is 0 Å². The molecule has 0 aromatic heterocycles. The van der Waals surface area contributed by atoms with Crippen molar-refractivity contribution in [3.8, 4) is 16.9 Å². The summed E-state index contributed by atoms with van der Waals surface area (Å²) in [4.78, 5) is 0. The summed E-state index contributed by atoms with van der Waals surface area (Å²) >= 11 is 0. The molecule has 112 valence electrons. The van der Waals surface area contributed by atoms with Crippen molar-refractivity contribution in [2.24, 2.45) is 0 Å². The van der Waals surface area contributed by atoms with Gasteiger partial charge in [-0.3, -0.25) is 4.57 Å². The first kappa shape index (κ1) is 15.8. The summed E-state index contributed by atoms with van der Waals surface area (Å²) in [5.74, 6) is 0.712. The average Bonchev–Trinajstić information content (AvgIpc) is 2.55. The van der Waals surface area contributed by atoms with Gasteiger partial charge >= 0.3 is 7.60 Å². The van der Waals surface area contributed by atoms with Gasteiger partial charge in [-0.05, 0) is 28.8 Å². The fourth-order valence-electron chi connectivity index (χ4n) is 2.14. The molecule has 0 radical (unpaired) electrons. The van der Waals surface area contributed by atoms with Crippen molar-refractivity contribution in [1.82, 2.24) is 0 Å². The maximum absolute atomic E-state index is 12.4. The van der Waals surface area contributed by atoms with Gasteiger partial charge in [0.25, 0.3) is 0 Å². The molecule has 2 aromatic rings. The molecule has 0 aliphatic carbocycles. The Kier molecular flexibility index (Phi) is 5.18. The second kappa shape index (κ2) is 6.90. The van der Waals surface area contributed by atoms with E-state index >= 15 is 0 Å². The van der Waals surface area contributed by atoms with Crippen LogP contribution in [0.5, 0.6) is 5.75 Å². The average molecular weight is 306 g/mol. The minimum atomic E-state index is -3.14. The van der Waals surface area contributed by atoms with Crippen molar-refractivity contribution < 1.29 is 18.3 Å². The van der Waals surface area contributed by atoms with Gasteiger partial charge in [0.2, 0.25) is 0 Å². The Balaban J connectivity index is 2.49. The van der Waals surface area contributed by atoms with Gasteiger partial charge in [-0.2, -0.15) is 0 Å². The van der Waals surface area contributed by atoms with Crippen LogP contribution in [-0.4, -0.2) is 21.3 Å². The molecule has 0 spiro atoms. The van der Waals surface area contributed by atoms with Crippen LogP contribution in [0, 0.1) is 0 Å². The van der Waals surface area contributed by atoms with Gasteiger partial charge in [0.15, 0.2) is 0 Å². The summed E-state index contributed by atoms with van der Waals surface area (Å²) in [6.45, 7) is 0. The van der Waals surface area contributed by atoms with Crippen LogP contribution >= 0.6 is 7.60 Å². The van der Waals surface area contributed by atoms with E-state index in [1.54, 1.807) is 7.11 Å². The number of benzene rings is 2. The molecular weight excluding hydrogens is 287 g/mol. The topological polar surface area (TPSA) is 44.8 Å². The molecule has 5 heteroatoms. The molecule has 0 saturated heterocycles. The Bertz CT molecular complexity index is 632. The summed E-state index contributed by atoms with van der Waals surface area (Å²) in [6.07, 6.45) is 0.196. The van der Waals surface area contributed by atoms with Crippen molar-refractivity contribution in [1.29, 1.82) is 0 Å². The lowest BCUT2D eigenvalue weighted by molar-refractivity contribution is 0.275. The van der Waals surface area contributed by atoms with E-state index in [0.717, 1.165) is 16.7 Å². The minimum absolute atomic E-state index is 0.196. The molecule has 0 saturated carbocycles. The second-order valence-corrected chi connectivity index (χ2v) is 6.79. The zero-order valence-electron chi connectivity index (χ0n) is 12.4. The van der Waals surface area contributed by atoms with Crippen molar-refractivity contribution in [2.75, 3.05) is 21.3 Å². The first-order valence-electron chi connectivity index (χ1n) is 6.55. The summed E-state index contributed by atoms with van der Waals surface area (Å²) in [6, 6.07) is 15.6. The number of hydrogen-bond donors (Lipinski definition) is 0. The first-order chi connectivity index (χ1) is 10.1. The maximum atomic E-state index is 12.4. The van der Waals surface area contributed by atoms with Crippen LogP contribution in [0.3, 0.4) is 0 Å². The largest absolute Gasteiger partial charge is 0.497 e. The standard InChI is InChI=1S/C16H19O4P/c1-18-15-9-10-16(13-7-5-4-6-8-13)14(11-15)12-21(17,19-2)20-3/h4-11H,12H2,1-3H3. The summed E-state index contributed by atoms with van der Waals surface area (Å²) in [5.41, 5.74) is 2.91. The lowest BCUT2D eigenvalue weighted by Crippen LogP contribution is -1.97. The Morgan fingerprint density at radius 1 is 0.952 bits per heavy atom. The number of ether oxygens (including phenoxy) is 1. The van der Waals surface area contributed by atoms with Crippen LogP contribution < -0.4 is 4.74 Å². The molecule has 4 nitrogen and oxygen atoms in total. The van der Waals surface area contributed by atoms with Crippen molar-refractivity contribution in [3.05, 3.63) is 54.1 Å². The van der Waals surface area contributed by atoms with Crippen LogP contribution in [0.25, 0.3) is 11.1 Å². The number of rotatable bonds is 6. The van der Waals surface area contributed by atoms with E-state index in [9.17, 15) is 4.57 Å². The highest BCUT2D eigenvalue weighted by Crippen LogP contribution is 2.51. The summed E-state index contributed by atoms with van der Waals surface area (Å²) in [7, 11) is 1.26. The Morgan fingerprint density at radius 3 is 2.19 bits per heavy atom. The predicted octanol–water partition coefficient (Wildman–Crippen LogP) is 4.35. The van der Waals surface area contributed by atoms with E-state index in [0.29, 0.717) is 5.75 Å². The molecule has 0 aliphatic rings. The third-order valence-electron chi connectivity index (χ3n) is 3.32. The van der Waals surface area contributed by atoms with Gasteiger partial charge in [-0.1, -0.05) is 36.4 Å². The molecule has 0 N–H and O–H groups in total. The normalized spacial score (nSPS) is 11.4. The van der Waals surface area contributed by atoms with Gasteiger partial charge in [0.05, 0.1) is 13.3 Å². The van der Waals surface area contributed by atoms with Crippen LogP contribution in [0.4, 0.5) is 0 Å². The molecule has 2 aromatic carbocycles. The molecule has 0 atom stereocenters. The Morgan fingerprint density at radius 2 is 1.62 bits per heavy atom. The molecule has 0 bridgehead atoms. The highest BCUT2D eigenvalue weighted by molar-refractivity contribution is 7.52. The Hall–Kier alpha value is -1.61. The molecule has 0 fully saturated rings. The fourth-order valence-corrected chi connectivity index (χ4v) is 3.23. The van der Waals surface area contributed by atoms with Crippen molar-refractivity contribution in [2.45, 2.75) is 6.16 Å². The van der Waals surface area contributed by atoms with Crippen molar-refractivity contribution >= 4 is 7.60 Å². The third kappa shape index (κ3) is 3.73. The summed E-state index contributed by atoms with van der Waals surface area (Å²) in [5, 5.41) is 0. The lowest BCUT2D eigenvalue weighted by Gasteiger charge is -2.17. The molecule has 0 unspecified atom stereocenters. The molecule has 0 amide bonds. The van der Waals surface area contributed by atoms with Gasteiger partial charge < -0.3 is 13.8 Å². The number of methoxy groups -OCH3 is 1. The highest BCUT2D eigenvalue weighted by atomic mass is 31.2. The Labute approximate surface area is 125 Å². The van der Waals surface area contributed by atoms with E-state index in [2.05, 4.69) is 0 Å². The zero-order valence-corrected chi connectivity index (χ0v) is 13.3. The molecule has 2 rings (SSSR count). The van der Waals surface area contributed by atoms with Crippen LogP contribution in [0.15, 0.2) is 48.5 Å². The molecule has 0 aliphatic heterocycles. The van der Waals surface area contributed by atoms with E-state index in [4.69, 9.17) is 13.8 Å². The van der Waals surface area contributed by atoms with Crippen LogP contribution in [-0.2, 0) is 19.8 Å². The molecule has 0 heterocycles. The zero-order chi connectivity index (χ0) is 15.3. The van der Waals surface area contributed by atoms with Crippen LogP contribution in [0.2, 0.25) is 0 Å².